The molecule has 0 atom stereocenters. The van der Waals surface area contributed by atoms with Crippen LogP contribution in [0.25, 0.3) is 0 Å². The van der Waals surface area contributed by atoms with Crippen molar-refractivity contribution in [3.63, 3.8) is 0 Å². The minimum atomic E-state index is 0.282. The van der Waals surface area contributed by atoms with Crippen molar-refractivity contribution in [1.29, 1.82) is 0 Å². The molecular formula is C21H29NO2. The van der Waals surface area contributed by atoms with E-state index in [2.05, 4.69) is 56.4 Å². The maximum atomic E-state index is 5.90. The van der Waals surface area contributed by atoms with Gasteiger partial charge in [0, 0.05) is 19.5 Å². The number of hydrogen-bond acceptors (Lipinski definition) is 3. The summed E-state index contributed by atoms with van der Waals surface area (Å²) in [4.78, 5) is 0. The number of methoxy groups -OCH3 is 1. The molecule has 0 heterocycles. The normalized spacial score (nSPS) is 11.3. The highest BCUT2D eigenvalue weighted by Crippen LogP contribution is 2.28. The van der Waals surface area contributed by atoms with Crippen LogP contribution in [0.4, 0.5) is 0 Å². The first-order valence-electron chi connectivity index (χ1n) is 8.52. The van der Waals surface area contributed by atoms with E-state index in [1.807, 2.05) is 18.2 Å². The molecule has 0 aliphatic carbocycles. The lowest BCUT2D eigenvalue weighted by Crippen LogP contribution is -2.26. The number of hydrogen-bond donors (Lipinski definition) is 1. The number of rotatable bonds is 8. The summed E-state index contributed by atoms with van der Waals surface area (Å²) in [5.74, 6) is 1.59. The van der Waals surface area contributed by atoms with Gasteiger partial charge in [-0.05, 0) is 28.7 Å². The van der Waals surface area contributed by atoms with E-state index >= 15 is 0 Å². The van der Waals surface area contributed by atoms with Gasteiger partial charge < -0.3 is 14.8 Å². The molecule has 3 nitrogen and oxygen atoms in total. The molecule has 2 rings (SSSR count). The first-order chi connectivity index (χ1) is 11.5. The van der Waals surface area contributed by atoms with Crippen molar-refractivity contribution in [1.82, 2.24) is 5.32 Å². The van der Waals surface area contributed by atoms with Gasteiger partial charge in [0.15, 0.2) is 11.5 Å². The molecule has 1 N–H and O–H groups in total. The summed E-state index contributed by atoms with van der Waals surface area (Å²) in [7, 11) is 1.69. The Morgan fingerprint density at radius 2 is 1.67 bits per heavy atom. The molecular weight excluding hydrogens is 298 g/mol. The zero-order chi connectivity index (χ0) is 17.4. The second kappa shape index (κ2) is 8.74. The van der Waals surface area contributed by atoms with Gasteiger partial charge in [-0.15, -0.1) is 0 Å². The predicted octanol–water partition coefficient (Wildman–Crippen LogP) is 4.45. The van der Waals surface area contributed by atoms with E-state index in [0.29, 0.717) is 6.61 Å². The predicted molar refractivity (Wildman–Crippen MR) is 99.8 cm³/mol. The molecule has 2 aromatic rings. The SMILES string of the molecule is COc1cc(CNCC(C)(C)C)ccc1OCCc1ccccc1. The largest absolute Gasteiger partial charge is 0.493 e. The van der Waals surface area contributed by atoms with Crippen molar-refractivity contribution in [2.45, 2.75) is 33.7 Å². The second-order valence-electron chi connectivity index (χ2n) is 7.23. The fourth-order valence-electron chi connectivity index (χ4n) is 2.45. The van der Waals surface area contributed by atoms with Crippen molar-refractivity contribution < 1.29 is 9.47 Å². The summed E-state index contributed by atoms with van der Waals surface area (Å²) < 4.78 is 11.4. The van der Waals surface area contributed by atoms with Crippen LogP contribution in [-0.2, 0) is 13.0 Å². The Bertz CT molecular complexity index is 617. The van der Waals surface area contributed by atoms with E-state index in [-0.39, 0.29) is 5.41 Å². The van der Waals surface area contributed by atoms with Crippen LogP contribution in [0.2, 0.25) is 0 Å². The lowest BCUT2D eigenvalue weighted by molar-refractivity contribution is 0.297. The Labute approximate surface area is 146 Å². The molecule has 0 aliphatic heterocycles. The summed E-state index contributed by atoms with van der Waals surface area (Å²) in [6, 6.07) is 16.5. The van der Waals surface area contributed by atoms with Gasteiger partial charge in [-0.3, -0.25) is 0 Å². The zero-order valence-corrected chi connectivity index (χ0v) is 15.3. The van der Waals surface area contributed by atoms with E-state index in [4.69, 9.17) is 9.47 Å². The Morgan fingerprint density at radius 1 is 0.917 bits per heavy atom. The summed E-state index contributed by atoms with van der Waals surface area (Å²) >= 11 is 0. The third kappa shape index (κ3) is 6.25. The molecule has 3 heteroatoms. The summed E-state index contributed by atoms with van der Waals surface area (Å²) in [6.45, 7) is 9.13. The molecule has 0 saturated carbocycles. The first-order valence-corrected chi connectivity index (χ1v) is 8.52. The van der Waals surface area contributed by atoms with Gasteiger partial charge in [-0.25, -0.2) is 0 Å². The van der Waals surface area contributed by atoms with E-state index in [1.54, 1.807) is 7.11 Å². The summed E-state index contributed by atoms with van der Waals surface area (Å²) in [5, 5.41) is 3.48. The van der Waals surface area contributed by atoms with Crippen LogP contribution in [0.15, 0.2) is 48.5 Å². The van der Waals surface area contributed by atoms with Gasteiger partial charge in [-0.2, -0.15) is 0 Å². The van der Waals surface area contributed by atoms with Crippen LogP contribution in [0.5, 0.6) is 11.5 Å². The smallest absolute Gasteiger partial charge is 0.161 e. The molecule has 0 aliphatic rings. The topological polar surface area (TPSA) is 30.5 Å². The quantitative estimate of drug-likeness (QED) is 0.777. The maximum absolute atomic E-state index is 5.90. The van der Waals surface area contributed by atoms with Crippen molar-refractivity contribution in [3.8, 4) is 11.5 Å². The van der Waals surface area contributed by atoms with Crippen LogP contribution >= 0.6 is 0 Å². The Balaban J connectivity index is 1.88. The van der Waals surface area contributed by atoms with Gasteiger partial charge in [0.05, 0.1) is 13.7 Å². The van der Waals surface area contributed by atoms with Gasteiger partial charge in [0.1, 0.15) is 0 Å². The second-order valence-corrected chi connectivity index (χ2v) is 7.23. The standard InChI is InChI=1S/C21H29NO2/c1-21(2,3)16-22-15-18-10-11-19(20(14-18)23-4)24-13-12-17-8-6-5-7-9-17/h5-11,14,22H,12-13,15-16H2,1-4H3. The Kier molecular flexibility index (Phi) is 6.68. The van der Waals surface area contributed by atoms with Gasteiger partial charge >= 0.3 is 0 Å². The van der Waals surface area contributed by atoms with Crippen LogP contribution in [-0.4, -0.2) is 20.3 Å². The van der Waals surface area contributed by atoms with Crippen molar-refractivity contribution >= 4 is 0 Å². The lowest BCUT2D eigenvalue weighted by atomic mass is 9.97. The molecule has 130 valence electrons. The summed E-state index contributed by atoms with van der Waals surface area (Å²) in [6.07, 6.45) is 0.888. The molecule has 24 heavy (non-hydrogen) atoms. The number of benzene rings is 2. The fourth-order valence-corrected chi connectivity index (χ4v) is 2.45. The van der Waals surface area contributed by atoms with Crippen molar-refractivity contribution in [3.05, 3.63) is 59.7 Å². The number of nitrogens with one attached hydrogen (secondary N) is 1. The van der Waals surface area contributed by atoms with E-state index in [9.17, 15) is 0 Å². The average molecular weight is 327 g/mol. The molecule has 0 aromatic heterocycles. The maximum Gasteiger partial charge on any atom is 0.161 e. The van der Waals surface area contributed by atoms with E-state index in [0.717, 1.165) is 31.0 Å². The monoisotopic (exact) mass is 327 g/mol. The highest BCUT2D eigenvalue weighted by molar-refractivity contribution is 5.43. The molecule has 0 bridgehead atoms. The molecule has 0 spiro atoms. The van der Waals surface area contributed by atoms with Crippen LogP contribution in [0.1, 0.15) is 31.9 Å². The van der Waals surface area contributed by atoms with Crippen LogP contribution < -0.4 is 14.8 Å². The first kappa shape index (κ1) is 18.3. The average Bonchev–Trinajstić information content (AvgIpc) is 2.55. The third-order valence-corrected chi connectivity index (χ3v) is 3.70. The molecule has 0 saturated heterocycles. The minimum absolute atomic E-state index is 0.282. The number of ether oxygens (including phenoxy) is 2. The zero-order valence-electron chi connectivity index (χ0n) is 15.3. The van der Waals surface area contributed by atoms with Crippen LogP contribution in [0.3, 0.4) is 0 Å². The molecule has 0 amide bonds. The molecule has 2 aromatic carbocycles. The van der Waals surface area contributed by atoms with Gasteiger partial charge in [-0.1, -0.05) is 57.2 Å². The highest BCUT2D eigenvalue weighted by atomic mass is 16.5. The Morgan fingerprint density at radius 3 is 2.33 bits per heavy atom. The van der Waals surface area contributed by atoms with Crippen molar-refractivity contribution in [2.24, 2.45) is 5.41 Å². The van der Waals surface area contributed by atoms with Crippen LogP contribution in [0, 0.1) is 5.41 Å². The van der Waals surface area contributed by atoms with Crippen molar-refractivity contribution in [2.75, 3.05) is 20.3 Å². The van der Waals surface area contributed by atoms with Gasteiger partial charge in [0.25, 0.3) is 0 Å². The lowest BCUT2D eigenvalue weighted by Gasteiger charge is -2.19. The Hall–Kier alpha value is -2.00. The third-order valence-electron chi connectivity index (χ3n) is 3.70. The van der Waals surface area contributed by atoms with E-state index in [1.165, 1.54) is 11.1 Å². The minimum Gasteiger partial charge on any atom is -0.493 e. The highest BCUT2D eigenvalue weighted by Gasteiger charge is 2.10. The molecule has 0 fully saturated rings. The summed E-state index contributed by atoms with van der Waals surface area (Å²) in [5.41, 5.74) is 2.76. The molecule has 0 unspecified atom stereocenters. The fraction of sp³-hybridized carbons (Fsp3) is 0.429. The van der Waals surface area contributed by atoms with E-state index < -0.39 is 0 Å². The van der Waals surface area contributed by atoms with Gasteiger partial charge in [0.2, 0.25) is 0 Å². The molecule has 0 radical (unpaired) electrons.